The van der Waals surface area contributed by atoms with E-state index in [9.17, 15) is 5.11 Å². The molecule has 5 nitrogen and oxygen atoms in total. The molecule has 1 aromatic heterocycles. The van der Waals surface area contributed by atoms with Crippen LogP contribution in [0.5, 0.6) is 11.5 Å². The van der Waals surface area contributed by atoms with Gasteiger partial charge in [0.1, 0.15) is 30.0 Å². The van der Waals surface area contributed by atoms with Crippen LogP contribution in [0, 0.1) is 0 Å². The molecule has 0 saturated carbocycles. The molecule has 5 heteroatoms. The lowest BCUT2D eigenvalue weighted by molar-refractivity contribution is 0.0928. The number of hydrogen-bond donors (Lipinski definition) is 1. The molecule has 0 radical (unpaired) electrons. The average Bonchev–Trinajstić information content (AvgIpc) is 3.10. The van der Waals surface area contributed by atoms with Gasteiger partial charge in [-0.1, -0.05) is 42.5 Å². The Morgan fingerprint density at radius 2 is 1.62 bits per heavy atom. The van der Waals surface area contributed by atoms with Gasteiger partial charge in [-0.05, 0) is 42.0 Å². The average molecular weight is 388 g/mol. The van der Waals surface area contributed by atoms with Crippen molar-refractivity contribution < 1.29 is 14.6 Å². The number of aromatic nitrogens is 2. The highest BCUT2D eigenvalue weighted by Gasteiger charge is 2.15. The molecule has 29 heavy (non-hydrogen) atoms. The highest BCUT2D eigenvalue weighted by atomic mass is 16.5. The molecule has 0 aliphatic rings. The van der Waals surface area contributed by atoms with Gasteiger partial charge in [0.05, 0.1) is 24.7 Å². The van der Waals surface area contributed by atoms with Crippen LogP contribution < -0.4 is 9.47 Å². The van der Waals surface area contributed by atoms with Crippen molar-refractivity contribution in [3.63, 3.8) is 0 Å². The highest BCUT2D eigenvalue weighted by molar-refractivity contribution is 5.76. The molecule has 0 bridgehead atoms. The molecule has 0 amide bonds. The summed E-state index contributed by atoms with van der Waals surface area (Å²) in [5.74, 6) is 2.49. The molecule has 0 aliphatic carbocycles. The van der Waals surface area contributed by atoms with Crippen molar-refractivity contribution in [2.75, 3.05) is 13.7 Å². The van der Waals surface area contributed by atoms with Gasteiger partial charge in [0.25, 0.3) is 0 Å². The molecule has 3 aromatic carbocycles. The van der Waals surface area contributed by atoms with E-state index >= 15 is 0 Å². The number of fused-ring (bicyclic) bond motifs is 1. The van der Waals surface area contributed by atoms with E-state index in [0.717, 1.165) is 33.9 Å². The SMILES string of the molecule is COc1ccc(Cc2nc3ccccc3n2CC(O)COc2ccccc2)cc1. The van der Waals surface area contributed by atoms with E-state index in [1.807, 2.05) is 78.9 Å². The zero-order chi connectivity index (χ0) is 20.1. The number of rotatable bonds is 8. The van der Waals surface area contributed by atoms with Gasteiger partial charge in [-0.3, -0.25) is 0 Å². The minimum absolute atomic E-state index is 0.221. The maximum atomic E-state index is 10.6. The summed E-state index contributed by atoms with van der Waals surface area (Å²) < 4.78 is 13.0. The van der Waals surface area contributed by atoms with Crippen LogP contribution >= 0.6 is 0 Å². The van der Waals surface area contributed by atoms with Crippen LogP contribution in [0.25, 0.3) is 11.0 Å². The van der Waals surface area contributed by atoms with Crippen LogP contribution in [0.2, 0.25) is 0 Å². The maximum absolute atomic E-state index is 10.6. The van der Waals surface area contributed by atoms with Crippen molar-refractivity contribution in [3.8, 4) is 11.5 Å². The highest BCUT2D eigenvalue weighted by Crippen LogP contribution is 2.21. The third kappa shape index (κ3) is 4.58. The van der Waals surface area contributed by atoms with Crippen molar-refractivity contribution in [2.45, 2.75) is 19.1 Å². The summed E-state index contributed by atoms with van der Waals surface area (Å²) in [4.78, 5) is 4.80. The summed E-state index contributed by atoms with van der Waals surface area (Å²) >= 11 is 0. The number of hydrogen-bond acceptors (Lipinski definition) is 4. The third-order valence-corrected chi connectivity index (χ3v) is 4.83. The first-order valence-corrected chi connectivity index (χ1v) is 9.66. The molecule has 0 saturated heterocycles. The molecule has 0 spiro atoms. The van der Waals surface area contributed by atoms with Crippen LogP contribution in [0.3, 0.4) is 0 Å². The summed E-state index contributed by atoms with van der Waals surface area (Å²) in [5.41, 5.74) is 3.07. The van der Waals surface area contributed by atoms with Crippen LogP contribution in [0.1, 0.15) is 11.4 Å². The van der Waals surface area contributed by atoms with Gasteiger partial charge in [0.2, 0.25) is 0 Å². The van der Waals surface area contributed by atoms with E-state index in [4.69, 9.17) is 14.5 Å². The van der Waals surface area contributed by atoms with Crippen LogP contribution in [0.4, 0.5) is 0 Å². The largest absolute Gasteiger partial charge is 0.497 e. The zero-order valence-corrected chi connectivity index (χ0v) is 16.4. The summed E-state index contributed by atoms with van der Waals surface area (Å²) in [5, 5.41) is 10.6. The monoisotopic (exact) mass is 388 g/mol. The predicted molar refractivity (Wildman–Crippen MR) is 113 cm³/mol. The van der Waals surface area contributed by atoms with Gasteiger partial charge >= 0.3 is 0 Å². The smallest absolute Gasteiger partial charge is 0.119 e. The van der Waals surface area contributed by atoms with Crippen molar-refractivity contribution in [1.29, 1.82) is 0 Å². The number of imidazole rings is 1. The number of benzene rings is 3. The van der Waals surface area contributed by atoms with Crippen LogP contribution in [-0.4, -0.2) is 34.5 Å². The minimum atomic E-state index is -0.651. The Kier molecular flexibility index (Phi) is 5.77. The minimum Gasteiger partial charge on any atom is -0.497 e. The summed E-state index contributed by atoms with van der Waals surface area (Å²) in [6, 6.07) is 25.5. The Morgan fingerprint density at radius 1 is 0.897 bits per heavy atom. The van der Waals surface area contributed by atoms with Crippen molar-refractivity contribution in [2.24, 2.45) is 0 Å². The first-order valence-electron chi connectivity index (χ1n) is 9.66. The topological polar surface area (TPSA) is 56.5 Å². The van der Waals surface area contributed by atoms with Crippen LogP contribution in [0.15, 0.2) is 78.9 Å². The van der Waals surface area contributed by atoms with E-state index in [1.54, 1.807) is 7.11 Å². The van der Waals surface area contributed by atoms with Gasteiger partial charge in [0.15, 0.2) is 0 Å². The third-order valence-electron chi connectivity index (χ3n) is 4.83. The molecular weight excluding hydrogens is 364 g/mol. The quantitative estimate of drug-likeness (QED) is 0.494. The second kappa shape index (κ2) is 8.80. The number of ether oxygens (including phenoxy) is 2. The molecule has 4 aromatic rings. The Hall–Kier alpha value is -3.31. The molecule has 1 atom stereocenters. The molecule has 1 heterocycles. The fraction of sp³-hybridized carbons (Fsp3) is 0.208. The van der Waals surface area contributed by atoms with E-state index in [0.29, 0.717) is 13.0 Å². The molecule has 0 aliphatic heterocycles. The van der Waals surface area contributed by atoms with Crippen molar-refractivity contribution in [1.82, 2.24) is 9.55 Å². The zero-order valence-electron chi connectivity index (χ0n) is 16.4. The van der Waals surface area contributed by atoms with Gasteiger partial charge in [0, 0.05) is 6.42 Å². The molecule has 0 fully saturated rings. The lowest BCUT2D eigenvalue weighted by Crippen LogP contribution is -2.24. The first-order chi connectivity index (χ1) is 14.2. The van der Waals surface area contributed by atoms with Crippen molar-refractivity contribution >= 4 is 11.0 Å². The Labute approximate surface area is 170 Å². The fourth-order valence-electron chi connectivity index (χ4n) is 3.36. The lowest BCUT2D eigenvalue weighted by atomic mass is 10.1. The molecular formula is C24H24N2O3. The number of methoxy groups -OCH3 is 1. The van der Waals surface area contributed by atoms with Gasteiger partial charge in [-0.15, -0.1) is 0 Å². The lowest BCUT2D eigenvalue weighted by Gasteiger charge is -2.16. The molecule has 1 unspecified atom stereocenters. The Bertz CT molecular complexity index is 1060. The maximum Gasteiger partial charge on any atom is 0.119 e. The molecule has 1 N–H and O–H groups in total. The van der Waals surface area contributed by atoms with E-state index < -0.39 is 6.10 Å². The molecule has 148 valence electrons. The second-order valence-corrected chi connectivity index (χ2v) is 6.93. The Morgan fingerprint density at radius 3 is 2.38 bits per heavy atom. The Balaban J connectivity index is 1.54. The van der Waals surface area contributed by atoms with Gasteiger partial charge in [-0.25, -0.2) is 4.98 Å². The molecule has 4 rings (SSSR count). The van der Waals surface area contributed by atoms with Crippen LogP contribution in [-0.2, 0) is 13.0 Å². The first kappa shape index (κ1) is 19.0. The number of aliphatic hydroxyl groups excluding tert-OH is 1. The number of aliphatic hydroxyl groups is 1. The standard InChI is InChI=1S/C24H24N2O3/c1-28-20-13-11-18(12-14-20)15-24-25-22-9-5-6-10-23(22)26(24)16-19(27)17-29-21-7-3-2-4-8-21/h2-14,19,27H,15-17H2,1H3. The second-order valence-electron chi connectivity index (χ2n) is 6.93. The normalized spacial score (nSPS) is 12.1. The summed E-state index contributed by atoms with van der Waals surface area (Å²) in [6.07, 6.45) is 0.0210. The van der Waals surface area contributed by atoms with E-state index in [-0.39, 0.29) is 6.61 Å². The van der Waals surface area contributed by atoms with Crippen molar-refractivity contribution in [3.05, 3.63) is 90.3 Å². The number of nitrogens with zero attached hydrogens (tertiary/aromatic N) is 2. The summed E-state index contributed by atoms with van der Waals surface area (Å²) in [6.45, 7) is 0.636. The number of para-hydroxylation sites is 3. The van der Waals surface area contributed by atoms with Gasteiger partial charge in [-0.2, -0.15) is 0 Å². The van der Waals surface area contributed by atoms with Gasteiger partial charge < -0.3 is 19.1 Å². The summed E-state index contributed by atoms with van der Waals surface area (Å²) in [7, 11) is 1.66. The fourth-order valence-corrected chi connectivity index (χ4v) is 3.36. The van der Waals surface area contributed by atoms with E-state index in [2.05, 4.69) is 4.57 Å². The van der Waals surface area contributed by atoms with E-state index in [1.165, 1.54) is 0 Å². The predicted octanol–water partition coefficient (Wildman–Crippen LogP) is 4.08.